The molecule has 0 unspecified atom stereocenters. The van der Waals surface area contributed by atoms with Gasteiger partial charge < -0.3 is 10.4 Å². The van der Waals surface area contributed by atoms with Gasteiger partial charge in [0.2, 0.25) is 0 Å². The standard InChI is InChI=1S/C15H18N2O2/c1-14(19)7-4-8-15(17-2,13(14)18)12-6-3-5-11(9-12)10-16/h3,5-6,9,17,19H,4,7-8H2,1-2H3/t14-,15+/m0/s1. The van der Waals surface area contributed by atoms with Gasteiger partial charge in [-0.25, -0.2) is 0 Å². The van der Waals surface area contributed by atoms with Gasteiger partial charge in [-0.1, -0.05) is 12.1 Å². The van der Waals surface area contributed by atoms with Crippen LogP contribution in [-0.2, 0) is 10.3 Å². The van der Waals surface area contributed by atoms with Crippen molar-refractivity contribution in [3.05, 3.63) is 35.4 Å². The number of nitrogens with one attached hydrogen (secondary N) is 1. The Hall–Kier alpha value is -1.70. The number of hydrogen-bond acceptors (Lipinski definition) is 4. The van der Waals surface area contributed by atoms with E-state index in [0.717, 1.165) is 12.0 Å². The molecule has 2 N–H and O–H groups in total. The highest BCUT2D eigenvalue weighted by atomic mass is 16.3. The van der Waals surface area contributed by atoms with Crippen LogP contribution in [0.4, 0.5) is 0 Å². The van der Waals surface area contributed by atoms with E-state index in [9.17, 15) is 9.90 Å². The molecule has 2 rings (SSSR count). The molecule has 100 valence electrons. The number of likely N-dealkylation sites (N-methyl/N-ethyl adjacent to an activating group) is 1. The summed E-state index contributed by atoms with van der Waals surface area (Å²) in [5, 5.41) is 22.3. The monoisotopic (exact) mass is 258 g/mol. The second-order valence-corrected chi connectivity index (χ2v) is 5.30. The van der Waals surface area contributed by atoms with E-state index in [1.165, 1.54) is 0 Å². The third kappa shape index (κ3) is 2.16. The largest absolute Gasteiger partial charge is 0.382 e. The van der Waals surface area contributed by atoms with Gasteiger partial charge >= 0.3 is 0 Å². The molecule has 1 saturated carbocycles. The summed E-state index contributed by atoms with van der Waals surface area (Å²) in [6.45, 7) is 1.56. The van der Waals surface area contributed by atoms with Crippen LogP contribution >= 0.6 is 0 Å². The van der Waals surface area contributed by atoms with Crippen molar-refractivity contribution in [3.63, 3.8) is 0 Å². The zero-order chi connectivity index (χ0) is 14.1. The molecule has 0 spiro atoms. The highest BCUT2D eigenvalue weighted by Gasteiger charge is 2.50. The van der Waals surface area contributed by atoms with E-state index in [1.54, 1.807) is 32.2 Å². The van der Waals surface area contributed by atoms with E-state index in [-0.39, 0.29) is 5.78 Å². The van der Waals surface area contributed by atoms with E-state index in [1.807, 2.05) is 6.07 Å². The number of rotatable bonds is 2. The number of aliphatic hydroxyl groups is 1. The lowest BCUT2D eigenvalue weighted by Crippen LogP contribution is -2.59. The molecule has 1 fully saturated rings. The number of Topliss-reactive ketones (excluding diaryl/α,β-unsaturated/α-hetero) is 1. The minimum absolute atomic E-state index is 0.219. The van der Waals surface area contributed by atoms with Crippen molar-refractivity contribution in [2.24, 2.45) is 0 Å². The molecule has 0 aliphatic heterocycles. The Morgan fingerprint density at radius 1 is 1.42 bits per heavy atom. The fraction of sp³-hybridized carbons (Fsp3) is 0.467. The van der Waals surface area contributed by atoms with Crippen LogP contribution in [0.25, 0.3) is 0 Å². The Morgan fingerprint density at radius 2 is 2.16 bits per heavy atom. The number of ketones is 1. The first-order chi connectivity index (χ1) is 8.96. The van der Waals surface area contributed by atoms with Crippen molar-refractivity contribution in [1.82, 2.24) is 5.32 Å². The highest BCUT2D eigenvalue weighted by molar-refractivity contribution is 5.96. The fourth-order valence-electron chi connectivity index (χ4n) is 2.90. The second-order valence-electron chi connectivity index (χ2n) is 5.30. The molecule has 1 aromatic rings. The predicted molar refractivity (Wildman–Crippen MR) is 71.4 cm³/mol. The Morgan fingerprint density at radius 3 is 2.79 bits per heavy atom. The summed E-state index contributed by atoms with van der Waals surface area (Å²) < 4.78 is 0. The number of nitrogens with zero attached hydrogens (tertiary/aromatic N) is 1. The van der Waals surface area contributed by atoms with Crippen molar-refractivity contribution < 1.29 is 9.90 Å². The van der Waals surface area contributed by atoms with E-state index < -0.39 is 11.1 Å². The van der Waals surface area contributed by atoms with Crippen LogP contribution in [-0.4, -0.2) is 23.5 Å². The van der Waals surface area contributed by atoms with Gasteiger partial charge in [-0.2, -0.15) is 5.26 Å². The SMILES string of the molecule is CN[C@@]1(c2cccc(C#N)c2)CCC[C@](C)(O)C1=O. The first-order valence-electron chi connectivity index (χ1n) is 6.43. The summed E-state index contributed by atoms with van der Waals surface area (Å²) in [5.41, 5.74) is -0.942. The molecule has 0 amide bonds. The third-order valence-corrected chi connectivity index (χ3v) is 4.00. The molecule has 0 heterocycles. The summed E-state index contributed by atoms with van der Waals surface area (Å²) in [4.78, 5) is 12.6. The Balaban J connectivity index is 2.53. The molecule has 0 aromatic heterocycles. The highest BCUT2D eigenvalue weighted by Crippen LogP contribution is 2.38. The lowest BCUT2D eigenvalue weighted by molar-refractivity contribution is -0.148. The van der Waals surface area contributed by atoms with E-state index in [0.29, 0.717) is 18.4 Å². The molecule has 4 nitrogen and oxygen atoms in total. The number of benzene rings is 1. The van der Waals surface area contributed by atoms with Crippen molar-refractivity contribution >= 4 is 5.78 Å². The van der Waals surface area contributed by atoms with Crippen molar-refractivity contribution in [3.8, 4) is 6.07 Å². The van der Waals surface area contributed by atoms with Crippen LogP contribution in [0.1, 0.15) is 37.3 Å². The third-order valence-electron chi connectivity index (χ3n) is 4.00. The maximum Gasteiger partial charge on any atom is 0.188 e. The van der Waals surface area contributed by atoms with Gasteiger partial charge in [0, 0.05) is 0 Å². The number of carbonyl (C=O) groups is 1. The number of hydrogen-bond donors (Lipinski definition) is 2. The molecule has 1 aromatic carbocycles. The molecule has 4 heteroatoms. The number of carbonyl (C=O) groups excluding carboxylic acids is 1. The van der Waals surface area contributed by atoms with Gasteiger partial charge in [-0.05, 0) is 50.9 Å². The fourth-order valence-corrected chi connectivity index (χ4v) is 2.90. The summed E-state index contributed by atoms with van der Waals surface area (Å²) in [6.07, 6.45) is 1.87. The molecular weight excluding hydrogens is 240 g/mol. The molecule has 19 heavy (non-hydrogen) atoms. The van der Waals surface area contributed by atoms with Crippen molar-refractivity contribution in [2.75, 3.05) is 7.05 Å². The molecule has 0 bridgehead atoms. The van der Waals surface area contributed by atoms with Crippen LogP contribution in [0.2, 0.25) is 0 Å². The quantitative estimate of drug-likeness (QED) is 0.842. The molecule has 1 aliphatic carbocycles. The van der Waals surface area contributed by atoms with Gasteiger partial charge in [0.05, 0.1) is 11.6 Å². The van der Waals surface area contributed by atoms with Gasteiger partial charge in [-0.15, -0.1) is 0 Å². The Labute approximate surface area is 113 Å². The Bertz CT molecular complexity index is 545. The van der Waals surface area contributed by atoms with Gasteiger partial charge in [0.1, 0.15) is 11.1 Å². The van der Waals surface area contributed by atoms with Crippen LogP contribution in [0.5, 0.6) is 0 Å². The second kappa shape index (κ2) is 4.76. The summed E-state index contributed by atoms with van der Waals surface area (Å²) in [7, 11) is 1.72. The first kappa shape index (κ1) is 13.7. The van der Waals surface area contributed by atoms with Crippen LogP contribution in [0.15, 0.2) is 24.3 Å². The molecule has 0 saturated heterocycles. The maximum atomic E-state index is 12.6. The zero-order valence-corrected chi connectivity index (χ0v) is 11.2. The topological polar surface area (TPSA) is 73.1 Å². The smallest absolute Gasteiger partial charge is 0.188 e. The van der Waals surface area contributed by atoms with Crippen molar-refractivity contribution in [2.45, 2.75) is 37.3 Å². The molecule has 1 aliphatic rings. The summed E-state index contributed by atoms with van der Waals surface area (Å²) >= 11 is 0. The minimum atomic E-state index is -1.32. The first-order valence-corrected chi connectivity index (χ1v) is 6.43. The Kier molecular flexibility index (Phi) is 3.44. The lowest BCUT2D eigenvalue weighted by atomic mass is 9.69. The van der Waals surface area contributed by atoms with Crippen LogP contribution < -0.4 is 5.32 Å². The normalized spacial score (nSPS) is 30.9. The average Bonchev–Trinajstić information content (AvgIpc) is 2.42. The maximum absolute atomic E-state index is 12.6. The van der Waals surface area contributed by atoms with Crippen LogP contribution in [0, 0.1) is 11.3 Å². The average molecular weight is 258 g/mol. The summed E-state index contributed by atoms with van der Waals surface area (Å²) in [5.74, 6) is -0.219. The lowest BCUT2D eigenvalue weighted by Gasteiger charge is -2.42. The molecule has 0 radical (unpaired) electrons. The molecule has 2 atom stereocenters. The van der Waals surface area contributed by atoms with E-state index in [2.05, 4.69) is 11.4 Å². The minimum Gasteiger partial charge on any atom is -0.382 e. The number of nitriles is 1. The van der Waals surface area contributed by atoms with E-state index >= 15 is 0 Å². The van der Waals surface area contributed by atoms with E-state index in [4.69, 9.17) is 5.26 Å². The van der Waals surface area contributed by atoms with Gasteiger partial charge in [0.15, 0.2) is 5.78 Å². The van der Waals surface area contributed by atoms with Gasteiger partial charge in [0.25, 0.3) is 0 Å². The van der Waals surface area contributed by atoms with Crippen molar-refractivity contribution in [1.29, 1.82) is 5.26 Å². The van der Waals surface area contributed by atoms with Crippen LogP contribution in [0.3, 0.4) is 0 Å². The molecular formula is C15H18N2O2. The van der Waals surface area contributed by atoms with Gasteiger partial charge in [-0.3, -0.25) is 4.79 Å². The summed E-state index contributed by atoms with van der Waals surface area (Å²) in [6, 6.07) is 9.10. The predicted octanol–water partition coefficient (Wildman–Crippen LogP) is 1.48. The zero-order valence-electron chi connectivity index (χ0n) is 11.2.